The van der Waals surface area contributed by atoms with E-state index in [1.54, 1.807) is 6.20 Å². The number of aromatic amines is 2. The van der Waals surface area contributed by atoms with Crippen LogP contribution in [0.1, 0.15) is 24.0 Å². The normalized spacial score (nSPS) is 14.1. The molecular formula is C17H20N6O. The lowest BCUT2D eigenvalue weighted by molar-refractivity contribution is 0.251. The van der Waals surface area contributed by atoms with E-state index < -0.39 is 0 Å². The summed E-state index contributed by atoms with van der Waals surface area (Å²) >= 11 is 0. The minimum atomic E-state index is -0.215. The van der Waals surface area contributed by atoms with Crippen molar-refractivity contribution in [3.05, 3.63) is 29.5 Å². The number of benzene rings is 1. The Hall–Kier alpha value is -2.83. The number of imidazole rings is 1. The van der Waals surface area contributed by atoms with Gasteiger partial charge in [-0.3, -0.25) is 5.10 Å². The summed E-state index contributed by atoms with van der Waals surface area (Å²) in [5.74, 6) is 1.30. The van der Waals surface area contributed by atoms with Crippen LogP contribution in [0.5, 0.6) is 0 Å². The molecule has 0 spiro atoms. The van der Waals surface area contributed by atoms with Crippen LogP contribution in [0.2, 0.25) is 0 Å². The predicted octanol–water partition coefficient (Wildman–Crippen LogP) is 3.10. The maximum Gasteiger partial charge on any atom is 0.319 e. The highest BCUT2D eigenvalue weighted by Gasteiger charge is 2.22. The fourth-order valence-electron chi connectivity index (χ4n) is 2.67. The topological polar surface area (TPSA) is 98.5 Å². The Balaban J connectivity index is 1.58. The molecule has 1 fully saturated rings. The molecule has 0 radical (unpaired) electrons. The van der Waals surface area contributed by atoms with Gasteiger partial charge in [0.05, 0.1) is 22.9 Å². The third kappa shape index (κ3) is 2.84. The zero-order chi connectivity index (χ0) is 16.7. The van der Waals surface area contributed by atoms with E-state index in [2.05, 4.69) is 56.8 Å². The number of nitrogens with zero attached hydrogens (tertiary/aromatic N) is 2. The summed E-state index contributed by atoms with van der Waals surface area (Å²) in [6.45, 7) is 4.86. The lowest BCUT2D eigenvalue weighted by atomic mass is 10.1. The number of urea groups is 1. The second kappa shape index (κ2) is 5.67. The molecule has 24 heavy (non-hydrogen) atoms. The van der Waals surface area contributed by atoms with Crippen molar-refractivity contribution in [2.75, 3.05) is 11.9 Å². The summed E-state index contributed by atoms with van der Waals surface area (Å²) in [6.07, 6.45) is 4.00. The molecule has 2 heterocycles. The molecule has 1 aromatic carbocycles. The molecule has 1 saturated carbocycles. The number of hydrogen-bond acceptors (Lipinski definition) is 3. The number of fused-ring (bicyclic) bond motifs is 1. The van der Waals surface area contributed by atoms with Crippen molar-refractivity contribution < 1.29 is 4.79 Å². The summed E-state index contributed by atoms with van der Waals surface area (Å²) in [4.78, 5) is 19.9. The first kappa shape index (κ1) is 14.7. The molecule has 4 rings (SSSR count). The second-order valence-corrected chi connectivity index (χ2v) is 6.48. The molecule has 7 nitrogen and oxygen atoms in total. The Bertz CT molecular complexity index is 866. The molecule has 2 amide bonds. The van der Waals surface area contributed by atoms with Gasteiger partial charge in [0.25, 0.3) is 0 Å². The van der Waals surface area contributed by atoms with Gasteiger partial charge in [-0.2, -0.15) is 5.10 Å². The maximum atomic E-state index is 12.0. The summed E-state index contributed by atoms with van der Waals surface area (Å²) in [7, 11) is 0. The van der Waals surface area contributed by atoms with Crippen molar-refractivity contribution in [2.24, 2.45) is 5.92 Å². The van der Waals surface area contributed by atoms with E-state index in [-0.39, 0.29) is 6.03 Å². The molecule has 0 atom stereocenters. The van der Waals surface area contributed by atoms with Gasteiger partial charge in [0.15, 0.2) is 5.82 Å². The van der Waals surface area contributed by atoms with Crippen molar-refractivity contribution in [1.29, 1.82) is 0 Å². The highest BCUT2D eigenvalue weighted by Crippen LogP contribution is 2.28. The smallest absolute Gasteiger partial charge is 0.319 e. The molecule has 0 unspecified atom stereocenters. The average Bonchev–Trinajstić information content (AvgIpc) is 3.13. The van der Waals surface area contributed by atoms with Crippen molar-refractivity contribution in [3.8, 4) is 11.5 Å². The number of hydrogen-bond donors (Lipinski definition) is 4. The van der Waals surface area contributed by atoms with Crippen LogP contribution in [0.15, 0.2) is 18.3 Å². The minimum Gasteiger partial charge on any atom is -0.338 e. The van der Waals surface area contributed by atoms with E-state index in [1.807, 2.05) is 0 Å². The molecule has 3 aromatic rings. The number of nitrogens with one attached hydrogen (secondary N) is 4. The Morgan fingerprint density at radius 3 is 2.88 bits per heavy atom. The second-order valence-electron chi connectivity index (χ2n) is 6.48. The zero-order valence-corrected chi connectivity index (χ0v) is 13.7. The van der Waals surface area contributed by atoms with E-state index in [0.29, 0.717) is 23.1 Å². The molecule has 0 saturated heterocycles. The third-order valence-electron chi connectivity index (χ3n) is 4.47. The maximum absolute atomic E-state index is 12.0. The van der Waals surface area contributed by atoms with E-state index >= 15 is 0 Å². The van der Waals surface area contributed by atoms with Crippen molar-refractivity contribution >= 4 is 22.8 Å². The lowest BCUT2D eigenvalue weighted by Gasteiger charge is -2.06. The highest BCUT2D eigenvalue weighted by atomic mass is 16.2. The molecule has 2 aromatic heterocycles. The zero-order valence-electron chi connectivity index (χ0n) is 13.7. The summed E-state index contributed by atoms with van der Waals surface area (Å²) in [5.41, 5.74) is 5.54. The number of H-pyrrole nitrogens is 2. The number of rotatable bonds is 4. The highest BCUT2D eigenvalue weighted by molar-refractivity contribution is 5.93. The van der Waals surface area contributed by atoms with Crippen LogP contribution < -0.4 is 10.6 Å². The Kier molecular flexibility index (Phi) is 3.48. The monoisotopic (exact) mass is 324 g/mol. The quantitative estimate of drug-likeness (QED) is 0.593. The molecule has 124 valence electrons. The van der Waals surface area contributed by atoms with E-state index in [0.717, 1.165) is 17.6 Å². The average molecular weight is 324 g/mol. The molecule has 0 bridgehead atoms. The lowest BCUT2D eigenvalue weighted by Crippen LogP contribution is -2.30. The standard InChI is InChI=1S/C17H20N6O/c1-9-5-12-13(6-10(9)2)21-16(20-12)15-14(8-19-23-15)22-17(24)18-7-11-3-4-11/h5-6,8,11H,3-4,7H2,1-2H3,(H,19,23)(H,20,21)(H2,18,22,24). The van der Waals surface area contributed by atoms with Crippen molar-refractivity contribution in [3.63, 3.8) is 0 Å². The minimum absolute atomic E-state index is 0.215. The SMILES string of the molecule is Cc1cc2nc(-c3[nH]ncc3NC(=O)NCC3CC3)[nH]c2cc1C. The van der Waals surface area contributed by atoms with Gasteiger partial charge < -0.3 is 15.6 Å². The first-order valence-electron chi connectivity index (χ1n) is 8.15. The van der Waals surface area contributed by atoms with Crippen LogP contribution in [-0.4, -0.2) is 32.7 Å². The molecule has 7 heteroatoms. The van der Waals surface area contributed by atoms with E-state index in [1.165, 1.54) is 24.0 Å². The number of anilines is 1. The number of carbonyl (C=O) groups excluding carboxylic acids is 1. The van der Waals surface area contributed by atoms with Crippen LogP contribution in [0.4, 0.5) is 10.5 Å². The van der Waals surface area contributed by atoms with Gasteiger partial charge in [-0.25, -0.2) is 9.78 Å². The van der Waals surface area contributed by atoms with Gasteiger partial charge in [0, 0.05) is 6.54 Å². The number of carbonyl (C=O) groups is 1. The van der Waals surface area contributed by atoms with Crippen LogP contribution in [0, 0.1) is 19.8 Å². The van der Waals surface area contributed by atoms with Gasteiger partial charge in [-0.15, -0.1) is 0 Å². The van der Waals surface area contributed by atoms with Gasteiger partial charge in [-0.1, -0.05) is 0 Å². The van der Waals surface area contributed by atoms with Gasteiger partial charge in [0.2, 0.25) is 0 Å². The van der Waals surface area contributed by atoms with Crippen LogP contribution in [0.3, 0.4) is 0 Å². The van der Waals surface area contributed by atoms with Crippen LogP contribution in [0.25, 0.3) is 22.6 Å². The van der Waals surface area contributed by atoms with E-state index in [4.69, 9.17) is 0 Å². The summed E-state index contributed by atoms with van der Waals surface area (Å²) in [5, 5.41) is 12.7. The first-order valence-corrected chi connectivity index (χ1v) is 8.15. The fourth-order valence-corrected chi connectivity index (χ4v) is 2.67. The van der Waals surface area contributed by atoms with Gasteiger partial charge in [-0.05, 0) is 55.9 Å². The summed E-state index contributed by atoms with van der Waals surface area (Å²) < 4.78 is 0. The van der Waals surface area contributed by atoms with Crippen molar-refractivity contribution in [1.82, 2.24) is 25.5 Å². The largest absolute Gasteiger partial charge is 0.338 e. The first-order chi connectivity index (χ1) is 11.6. The summed E-state index contributed by atoms with van der Waals surface area (Å²) in [6, 6.07) is 3.91. The van der Waals surface area contributed by atoms with Crippen LogP contribution in [-0.2, 0) is 0 Å². The van der Waals surface area contributed by atoms with Crippen LogP contribution >= 0.6 is 0 Å². The van der Waals surface area contributed by atoms with Gasteiger partial charge >= 0.3 is 6.03 Å². The molecule has 1 aliphatic rings. The number of aryl methyl sites for hydroxylation is 2. The fraction of sp³-hybridized carbons (Fsp3) is 0.353. The van der Waals surface area contributed by atoms with Crippen molar-refractivity contribution in [2.45, 2.75) is 26.7 Å². The van der Waals surface area contributed by atoms with E-state index in [9.17, 15) is 4.79 Å². The molecule has 1 aliphatic carbocycles. The molecule has 4 N–H and O–H groups in total. The predicted molar refractivity (Wildman–Crippen MR) is 92.9 cm³/mol. The van der Waals surface area contributed by atoms with Gasteiger partial charge in [0.1, 0.15) is 5.69 Å². The Labute approximate surface area is 139 Å². The third-order valence-corrected chi connectivity index (χ3v) is 4.47. The Morgan fingerprint density at radius 2 is 2.08 bits per heavy atom. The molecule has 0 aliphatic heterocycles. The number of aromatic nitrogens is 4. The number of amides is 2. The Morgan fingerprint density at radius 1 is 1.29 bits per heavy atom. The molecular weight excluding hydrogens is 304 g/mol.